The Balaban J connectivity index is 4.29. The number of quaternary nitrogens is 1. The van der Waals surface area contributed by atoms with E-state index in [-0.39, 0.29) is 49.1 Å². The highest BCUT2D eigenvalue weighted by molar-refractivity contribution is 5.72. The molecular weight excluding hydrogens is 498 g/mol. The smallest absolute Gasteiger partial charge is 0.362 e. The highest BCUT2D eigenvalue weighted by Crippen LogP contribution is 2.10. The molecule has 0 bridgehead atoms. The molecule has 0 heterocycles. The number of esters is 2. The Kier molecular flexibility index (Phi) is 21.6. The molecular formula is C31H52NO7+. The van der Waals surface area contributed by atoms with Gasteiger partial charge in [0.05, 0.1) is 34.4 Å². The number of unbranched alkanes of at least 4 members (excludes halogenated alkanes) is 2. The van der Waals surface area contributed by atoms with Gasteiger partial charge in [0.1, 0.15) is 6.61 Å². The van der Waals surface area contributed by atoms with Gasteiger partial charge in [-0.1, -0.05) is 62.5 Å². The molecule has 0 fully saturated rings. The van der Waals surface area contributed by atoms with Crippen LogP contribution >= 0.6 is 0 Å². The van der Waals surface area contributed by atoms with Crippen molar-refractivity contribution < 1.29 is 38.2 Å². The molecule has 0 aromatic carbocycles. The number of carbonyl (C=O) groups is 3. The quantitative estimate of drug-likeness (QED) is 0.0745. The largest absolute Gasteiger partial charge is 0.477 e. The van der Waals surface area contributed by atoms with Gasteiger partial charge in [0.15, 0.2) is 12.1 Å². The van der Waals surface area contributed by atoms with Gasteiger partial charge in [-0.2, -0.15) is 0 Å². The highest BCUT2D eigenvalue weighted by atomic mass is 16.6. The van der Waals surface area contributed by atoms with Crippen molar-refractivity contribution in [2.24, 2.45) is 0 Å². The number of allylic oxidation sites excluding steroid dienone is 8. The van der Waals surface area contributed by atoms with Crippen LogP contribution in [-0.2, 0) is 28.6 Å². The minimum Gasteiger partial charge on any atom is -0.477 e. The second kappa shape index (κ2) is 23.2. The van der Waals surface area contributed by atoms with Crippen LogP contribution in [-0.4, -0.2) is 80.6 Å². The second-order valence-electron chi connectivity index (χ2n) is 10.2. The van der Waals surface area contributed by atoms with Crippen LogP contribution in [0, 0.1) is 0 Å². The van der Waals surface area contributed by atoms with Crippen LogP contribution in [0.5, 0.6) is 0 Å². The molecule has 8 heteroatoms. The third kappa shape index (κ3) is 21.9. The fourth-order valence-corrected chi connectivity index (χ4v) is 3.53. The lowest BCUT2D eigenvalue weighted by Crippen LogP contribution is -2.50. The van der Waals surface area contributed by atoms with E-state index in [1.54, 1.807) is 6.92 Å². The molecule has 0 amide bonds. The summed E-state index contributed by atoms with van der Waals surface area (Å²) < 4.78 is 16.5. The van der Waals surface area contributed by atoms with E-state index in [0.717, 1.165) is 38.5 Å². The summed E-state index contributed by atoms with van der Waals surface area (Å²) in [7, 11) is 5.44. The molecule has 0 spiro atoms. The maximum absolute atomic E-state index is 12.3. The van der Waals surface area contributed by atoms with Crippen LogP contribution in [0.1, 0.15) is 78.1 Å². The van der Waals surface area contributed by atoms with Crippen molar-refractivity contribution in [2.45, 2.75) is 90.2 Å². The van der Waals surface area contributed by atoms with Gasteiger partial charge in [0.25, 0.3) is 0 Å². The fourth-order valence-electron chi connectivity index (χ4n) is 3.53. The topological polar surface area (TPSA) is 99.1 Å². The first-order valence-corrected chi connectivity index (χ1v) is 14.2. The van der Waals surface area contributed by atoms with E-state index in [0.29, 0.717) is 12.8 Å². The zero-order valence-electron chi connectivity index (χ0n) is 24.8. The van der Waals surface area contributed by atoms with E-state index in [4.69, 9.17) is 14.2 Å². The maximum Gasteiger partial charge on any atom is 0.362 e. The summed E-state index contributed by atoms with van der Waals surface area (Å²) in [5.41, 5.74) is 0. The van der Waals surface area contributed by atoms with Crippen LogP contribution in [0.2, 0.25) is 0 Å². The summed E-state index contributed by atoms with van der Waals surface area (Å²) in [6.45, 7) is 3.96. The Morgan fingerprint density at radius 1 is 0.795 bits per heavy atom. The predicted molar refractivity (Wildman–Crippen MR) is 155 cm³/mol. The zero-order chi connectivity index (χ0) is 29.4. The van der Waals surface area contributed by atoms with Gasteiger partial charge >= 0.3 is 17.9 Å². The Morgan fingerprint density at radius 2 is 1.38 bits per heavy atom. The number of carboxylic acid groups (broad SMARTS) is 1. The van der Waals surface area contributed by atoms with Crippen LogP contribution in [0.15, 0.2) is 48.6 Å². The molecule has 0 aromatic heterocycles. The minimum atomic E-state index is -0.892. The molecule has 39 heavy (non-hydrogen) atoms. The summed E-state index contributed by atoms with van der Waals surface area (Å²) >= 11 is 0. The van der Waals surface area contributed by atoms with Crippen molar-refractivity contribution in [2.75, 3.05) is 41.0 Å². The van der Waals surface area contributed by atoms with Crippen molar-refractivity contribution in [3.8, 4) is 0 Å². The molecule has 0 rings (SSSR count). The van der Waals surface area contributed by atoms with Crippen LogP contribution in [0.25, 0.3) is 0 Å². The number of hydrogen-bond acceptors (Lipinski definition) is 6. The van der Waals surface area contributed by atoms with Crippen LogP contribution < -0.4 is 0 Å². The first kappa shape index (κ1) is 36.3. The lowest BCUT2D eigenvalue weighted by atomic mass is 10.1. The number of carboxylic acids is 1. The number of hydrogen-bond donors (Lipinski definition) is 1. The second-order valence-corrected chi connectivity index (χ2v) is 10.2. The van der Waals surface area contributed by atoms with E-state index < -0.39 is 18.1 Å². The highest BCUT2D eigenvalue weighted by Gasteiger charge is 2.31. The summed E-state index contributed by atoms with van der Waals surface area (Å²) in [6, 6.07) is -0.617. The van der Waals surface area contributed by atoms with E-state index in [2.05, 4.69) is 55.5 Å². The van der Waals surface area contributed by atoms with Gasteiger partial charge in [-0.3, -0.25) is 9.59 Å². The predicted octanol–water partition coefficient (Wildman–Crippen LogP) is 5.78. The Labute approximate surface area is 236 Å². The molecule has 2 atom stereocenters. The summed E-state index contributed by atoms with van der Waals surface area (Å²) in [5, 5.41) is 9.43. The molecule has 0 saturated heterocycles. The first-order chi connectivity index (χ1) is 18.6. The van der Waals surface area contributed by atoms with Crippen molar-refractivity contribution in [1.82, 2.24) is 0 Å². The molecule has 2 unspecified atom stereocenters. The van der Waals surface area contributed by atoms with Gasteiger partial charge in [-0.05, 0) is 44.9 Å². The molecule has 0 radical (unpaired) electrons. The molecule has 0 saturated carbocycles. The third-order valence-corrected chi connectivity index (χ3v) is 5.80. The molecule has 1 N–H and O–H groups in total. The lowest BCUT2D eigenvalue weighted by Gasteiger charge is -2.31. The molecule has 8 nitrogen and oxygen atoms in total. The van der Waals surface area contributed by atoms with E-state index in [9.17, 15) is 19.5 Å². The summed E-state index contributed by atoms with van der Waals surface area (Å²) in [5.74, 6) is -1.64. The normalized spacial score (nSPS) is 14.0. The Morgan fingerprint density at radius 3 is 1.92 bits per heavy atom. The van der Waals surface area contributed by atoms with Crippen LogP contribution in [0.4, 0.5) is 0 Å². The van der Waals surface area contributed by atoms with E-state index in [1.165, 1.54) is 0 Å². The van der Waals surface area contributed by atoms with Gasteiger partial charge in [-0.25, -0.2) is 4.79 Å². The van der Waals surface area contributed by atoms with Gasteiger partial charge in [-0.15, -0.1) is 0 Å². The van der Waals surface area contributed by atoms with Crippen molar-refractivity contribution in [1.29, 1.82) is 0 Å². The fraction of sp³-hybridized carbons (Fsp3) is 0.645. The van der Waals surface area contributed by atoms with Gasteiger partial charge in [0.2, 0.25) is 0 Å². The standard InChI is InChI=1S/C31H51NO7/c1-6-8-9-10-11-12-13-14-15-16-17-18-19-20-21-22-30(34)39-27(26-38-29(33)7-2)25-37-24-23-28(31(35)36)32(3,4)5/h8-9,11-12,14-15,17-18,27-28H,6-7,10,13,16,19-26H2,1-5H3/p+1/b9-8-,12-11-,15-14-,18-17-. The molecule has 222 valence electrons. The van der Waals surface area contributed by atoms with Gasteiger partial charge in [0, 0.05) is 19.3 Å². The van der Waals surface area contributed by atoms with E-state index >= 15 is 0 Å². The summed E-state index contributed by atoms with van der Waals surface area (Å²) in [6.07, 6.45) is 23.7. The lowest BCUT2D eigenvalue weighted by molar-refractivity contribution is -0.887. The number of aliphatic carboxylic acids is 1. The maximum atomic E-state index is 12.3. The number of nitrogens with zero attached hydrogens (tertiary/aromatic N) is 1. The van der Waals surface area contributed by atoms with Crippen molar-refractivity contribution >= 4 is 17.9 Å². The molecule has 0 aliphatic rings. The SMILES string of the molecule is CC/C=C\C/C=C\C/C=C\C/C=C\CCCCC(=O)OC(COCCC(C(=O)O)[N+](C)(C)C)COC(=O)CC. The molecule has 0 aromatic rings. The number of rotatable bonds is 23. The Hall–Kier alpha value is -2.71. The molecule has 0 aliphatic carbocycles. The van der Waals surface area contributed by atoms with E-state index in [1.807, 2.05) is 21.1 Å². The first-order valence-electron chi connectivity index (χ1n) is 14.2. The average molecular weight is 551 g/mol. The monoisotopic (exact) mass is 550 g/mol. The minimum absolute atomic E-state index is 0.0359. The third-order valence-electron chi connectivity index (χ3n) is 5.80. The van der Waals surface area contributed by atoms with Crippen LogP contribution in [0.3, 0.4) is 0 Å². The average Bonchev–Trinajstić information content (AvgIpc) is 2.87. The summed E-state index contributed by atoms with van der Waals surface area (Å²) in [4.78, 5) is 35.4. The van der Waals surface area contributed by atoms with Crippen molar-refractivity contribution in [3.05, 3.63) is 48.6 Å². The zero-order valence-corrected chi connectivity index (χ0v) is 24.8. The van der Waals surface area contributed by atoms with Crippen molar-refractivity contribution in [3.63, 3.8) is 0 Å². The number of carbonyl (C=O) groups excluding carboxylic acids is 2. The number of likely N-dealkylation sites (N-methyl/N-ethyl adjacent to an activating group) is 1. The van der Waals surface area contributed by atoms with Gasteiger partial charge < -0.3 is 23.8 Å². The Bertz CT molecular complexity index is 793. The number of ether oxygens (including phenoxy) is 3. The molecule has 0 aliphatic heterocycles.